The van der Waals surface area contributed by atoms with Crippen LogP contribution in [0.4, 0.5) is 13.2 Å². The molecular formula is C23H22ClF3N2O2. The van der Waals surface area contributed by atoms with Crippen molar-refractivity contribution in [1.29, 1.82) is 0 Å². The third-order valence-corrected chi connectivity index (χ3v) is 6.09. The number of oxime groups is 1. The van der Waals surface area contributed by atoms with E-state index in [-0.39, 0.29) is 24.5 Å². The quantitative estimate of drug-likeness (QED) is 0.568. The topological polar surface area (TPSA) is 41.9 Å². The van der Waals surface area contributed by atoms with Crippen molar-refractivity contribution in [2.75, 3.05) is 6.54 Å². The number of amides is 1. The molecule has 0 aromatic heterocycles. The molecule has 1 aliphatic carbocycles. The van der Waals surface area contributed by atoms with Gasteiger partial charge in [0.1, 0.15) is 0 Å². The molecule has 4 rings (SSSR count). The molecule has 0 N–H and O–H groups in total. The molecule has 1 amide bonds. The van der Waals surface area contributed by atoms with Gasteiger partial charge in [-0.25, -0.2) is 0 Å². The molecule has 0 spiro atoms. The van der Waals surface area contributed by atoms with Crippen molar-refractivity contribution >= 4 is 23.2 Å². The summed E-state index contributed by atoms with van der Waals surface area (Å²) in [7, 11) is 0. The maximum atomic E-state index is 13.0. The van der Waals surface area contributed by atoms with Crippen LogP contribution in [0.15, 0.2) is 53.7 Å². The summed E-state index contributed by atoms with van der Waals surface area (Å²) in [6, 6.07) is 12.3. The molecule has 2 aliphatic rings. The minimum atomic E-state index is -4.38. The van der Waals surface area contributed by atoms with Crippen LogP contribution in [0.25, 0.3) is 0 Å². The van der Waals surface area contributed by atoms with Crippen LogP contribution in [0.2, 0.25) is 5.02 Å². The SMILES string of the molecule is O=C(C1CCC1)N(Cc1ccc(C(F)(F)F)cc1)C[C@H]1CC(c2ccccc2Cl)=NO1. The van der Waals surface area contributed by atoms with Gasteiger partial charge in [-0.15, -0.1) is 0 Å². The van der Waals surface area contributed by atoms with Gasteiger partial charge in [0.05, 0.1) is 17.8 Å². The molecule has 0 saturated heterocycles. The van der Waals surface area contributed by atoms with Crippen LogP contribution in [0, 0.1) is 5.92 Å². The summed E-state index contributed by atoms with van der Waals surface area (Å²) in [5.41, 5.74) is 1.46. The highest BCUT2D eigenvalue weighted by molar-refractivity contribution is 6.34. The van der Waals surface area contributed by atoms with Gasteiger partial charge in [0.15, 0.2) is 6.10 Å². The summed E-state index contributed by atoms with van der Waals surface area (Å²) in [5, 5.41) is 4.74. The Morgan fingerprint density at radius 3 is 2.45 bits per heavy atom. The molecular weight excluding hydrogens is 429 g/mol. The number of halogens is 4. The number of alkyl halides is 3. The largest absolute Gasteiger partial charge is 0.416 e. The van der Waals surface area contributed by atoms with E-state index in [1.807, 2.05) is 18.2 Å². The van der Waals surface area contributed by atoms with Crippen molar-refractivity contribution < 1.29 is 22.8 Å². The fourth-order valence-electron chi connectivity index (χ4n) is 3.79. The number of hydrogen-bond acceptors (Lipinski definition) is 3. The second kappa shape index (κ2) is 8.91. The van der Waals surface area contributed by atoms with Crippen LogP contribution in [0.3, 0.4) is 0 Å². The number of hydrogen-bond donors (Lipinski definition) is 0. The average molecular weight is 451 g/mol. The summed E-state index contributed by atoms with van der Waals surface area (Å²) in [6.07, 6.45) is -1.51. The van der Waals surface area contributed by atoms with E-state index >= 15 is 0 Å². The summed E-state index contributed by atoms with van der Waals surface area (Å²) in [4.78, 5) is 20.2. The standard InChI is InChI=1S/C23H22ClF3N2O2/c24-20-7-2-1-6-19(20)21-12-18(31-28-21)14-29(22(30)16-4-3-5-16)13-15-8-10-17(11-9-15)23(25,26)27/h1-2,6-11,16,18H,3-5,12-14H2/t18-/m1/s1. The zero-order chi connectivity index (χ0) is 22.0. The predicted molar refractivity (Wildman–Crippen MR) is 112 cm³/mol. The predicted octanol–water partition coefficient (Wildman–Crippen LogP) is 5.68. The Morgan fingerprint density at radius 1 is 1.13 bits per heavy atom. The highest BCUT2D eigenvalue weighted by Crippen LogP contribution is 2.31. The maximum Gasteiger partial charge on any atom is 0.416 e. The van der Waals surface area contributed by atoms with E-state index < -0.39 is 11.7 Å². The molecule has 1 fully saturated rings. The Balaban J connectivity index is 1.45. The van der Waals surface area contributed by atoms with E-state index in [1.54, 1.807) is 11.0 Å². The van der Waals surface area contributed by atoms with E-state index in [0.29, 0.717) is 23.6 Å². The summed E-state index contributed by atoms with van der Waals surface area (Å²) in [6.45, 7) is 0.544. The average Bonchev–Trinajstić information content (AvgIpc) is 3.14. The van der Waals surface area contributed by atoms with Gasteiger partial charge in [0.25, 0.3) is 0 Å². The molecule has 1 saturated carbocycles. The molecule has 2 aromatic carbocycles. The maximum absolute atomic E-state index is 13.0. The molecule has 4 nitrogen and oxygen atoms in total. The lowest BCUT2D eigenvalue weighted by Gasteiger charge is -2.32. The second-order valence-corrected chi connectivity index (χ2v) is 8.40. The molecule has 0 bridgehead atoms. The number of rotatable bonds is 6. The van der Waals surface area contributed by atoms with Gasteiger partial charge in [0, 0.05) is 29.5 Å². The van der Waals surface area contributed by atoms with Crippen LogP contribution < -0.4 is 0 Å². The summed E-state index contributed by atoms with van der Waals surface area (Å²) >= 11 is 6.25. The first-order valence-corrected chi connectivity index (χ1v) is 10.6. The molecule has 2 aromatic rings. The molecule has 31 heavy (non-hydrogen) atoms. The van der Waals surface area contributed by atoms with Gasteiger partial charge in [0.2, 0.25) is 5.91 Å². The van der Waals surface area contributed by atoms with Crippen molar-refractivity contribution in [2.45, 2.75) is 44.5 Å². The molecule has 0 radical (unpaired) electrons. The van der Waals surface area contributed by atoms with Gasteiger partial charge in [-0.05, 0) is 36.6 Å². The zero-order valence-electron chi connectivity index (χ0n) is 16.7. The molecule has 1 aliphatic heterocycles. The summed E-state index contributed by atoms with van der Waals surface area (Å²) in [5.74, 6) is -0.0132. The Kier molecular flexibility index (Phi) is 6.23. The lowest BCUT2D eigenvalue weighted by atomic mass is 9.84. The minimum absolute atomic E-state index is 0.0148. The highest BCUT2D eigenvalue weighted by atomic mass is 35.5. The number of carbonyl (C=O) groups excluding carboxylic acids is 1. The van der Waals surface area contributed by atoms with Crippen LogP contribution in [-0.4, -0.2) is 29.2 Å². The third kappa shape index (κ3) is 5.03. The Hall–Kier alpha value is -2.54. The van der Waals surface area contributed by atoms with Crippen LogP contribution in [0.1, 0.15) is 42.4 Å². The van der Waals surface area contributed by atoms with Crippen molar-refractivity contribution in [3.05, 3.63) is 70.2 Å². The fraction of sp³-hybridized carbons (Fsp3) is 0.391. The number of nitrogens with zero attached hydrogens (tertiary/aromatic N) is 2. The van der Waals surface area contributed by atoms with Crippen molar-refractivity contribution in [3.63, 3.8) is 0 Å². The van der Waals surface area contributed by atoms with Crippen LogP contribution >= 0.6 is 11.6 Å². The molecule has 1 atom stereocenters. The first-order chi connectivity index (χ1) is 14.8. The van der Waals surface area contributed by atoms with Gasteiger partial charge in [-0.2, -0.15) is 13.2 Å². The van der Waals surface area contributed by atoms with E-state index in [0.717, 1.165) is 42.7 Å². The Labute approximate surface area is 183 Å². The Bertz CT molecular complexity index is 972. The smallest absolute Gasteiger partial charge is 0.390 e. The molecule has 0 unspecified atom stereocenters. The monoisotopic (exact) mass is 450 g/mol. The van der Waals surface area contributed by atoms with E-state index in [4.69, 9.17) is 16.4 Å². The summed E-state index contributed by atoms with van der Waals surface area (Å²) < 4.78 is 38.5. The normalized spacial score (nSPS) is 18.8. The number of benzene rings is 2. The van der Waals surface area contributed by atoms with E-state index in [9.17, 15) is 18.0 Å². The molecule has 1 heterocycles. The van der Waals surface area contributed by atoms with Gasteiger partial charge >= 0.3 is 6.18 Å². The molecule has 164 valence electrons. The minimum Gasteiger partial charge on any atom is -0.390 e. The lowest BCUT2D eigenvalue weighted by molar-refractivity contribution is -0.141. The van der Waals surface area contributed by atoms with E-state index in [2.05, 4.69) is 5.16 Å². The van der Waals surface area contributed by atoms with Crippen LogP contribution in [-0.2, 0) is 22.4 Å². The number of carbonyl (C=O) groups is 1. The molecule has 8 heteroatoms. The second-order valence-electron chi connectivity index (χ2n) is 7.99. The zero-order valence-corrected chi connectivity index (χ0v) is 17.5. The van der Waals surface area contributed by atoms with Crippen molar-refractivity contribution in [2.24, 2.45) is 11.1 Å². The van der Waals surface area contributed by atoms with Gasteiger partial charge < -0.3 is 9.74 Å². The van der Waals surface area contributed by atoms with Crippen molar-refractivity contribution in [3.8, 4) is 0 Å². The first-order valence-electron chi connectivity index (χ1n) is 10.2. The van der Waals surface area contributed by atoms with Crippen molar-refractivity contribution in [1.82, 2.24) is 4.90 Å². The van der Waals surface area contributed by atoms with Gasteiger partial charge in [-0.1, -0.05) is 53.5 Å². The highest BCUT2D eigenvalue weighted by Gasteiger charge is 2.34. The van der Waals surface area contributed by atoms with Crippen LogP contribution in [0.5, 0.6) is 0 Å². The first kappa shape index (κ1) is 21.7. The van der Waals surface area contributed by atoms with Gasteiger partial charge in [-0.3, -0.25) is 4.79 Å². The third-order valence-electron chi connectivity index (χ3n) is 5.76. The Morgan fingerprint density at radius 2 is 1.84 bits per heavy atom. The van der Waals surface area contributed by atoms with E-state index in [1.165, 1.54) is 12.1 Å². The fourth-order valence-corrected chi connectivity index (χ4v) is 4.04. The lowest BCUT2D eigenvalue weighted by Crippen LogP contribution is -2.42.